The van der Waals surface area contributed by atoms with E-state index < -0.39 is 35.0 Å². The highest BCUT2D eigenvalue weighted by molar-refractivity contribution is 5.98. The molecule has 2 bridgehead atoms. The molecule has 4 fully saturated rings. The molecule has 10 heteroatoms. The van der Waals surface area contributed by atoms with Crippen LogP contribution in [0.15, 0.2) is 25.3 Å². The van der Waals surface area contributed by atoms with Gasteiger partial charge in [-0.25, -0.2) is 0 Å². The normalized spacial score (nSPS) is 31.8. The summed E-state index contributed by atoms with van der Waals surface area (Å²) < 4.78 is 17.7. The predicted octanol–water partition coefficient (Wildman–Crippen LogP) is 1.38. The van der Waals surface area contributed by atoms with Crippen LogP contribution in [0.2, 0.25) is 0 Å². The second-order valence-electron chi connectivity index (χ2n) is 11.3. The molecule has 0 aromatic heterocycles. The molecule has 4 rings (SSSR count). The Morgan fingerprint density at radius 1 is 1.15 bits per heavy atom. The fourth-order valence-corrected chi connectivity index (χ4v) is 6.91. The zero-order chi connectivity index (χ0) is 28.0. The number of amides is 2. The third-order valence-corrected chi connectivity index (χ3v) is 8.84. The van der Waals surface area contributed by atoms with Crippen LogP contribution in [-0.2, 0) is 28.6 Å². The summed E-state index contributed by atoms with van der Waals surface area (Å²) in [5, 5.41) is 9.24. The third-order valence-electron chi connectivity index (χ3n) is 8.84. The van der Waals surface area contributed by atoms with Gasteiger partial charge in [0, 0.05) is 45.9 Å². The first-order valence-corrected chi connectivity index (χ1v) is 14.4. The predicted molar refractivity (Wildman–Crippen MR) is 145 cm³/mol. The molecular weight excluding hydrogens is 502 g/mol. The zero-order valence-electron chi connectivity index (χ0n) is 23.4. The van der Waals surface area contributed by atoms with Crippen molar-refractivity contribution in [3.05, 3.63) is 25.3 Å². The minimum Gasteiger partial charge on any atom is -0.465 e. The Morgan fingerprint density at radius 2 is 1.92 bits per heavy atom. The average molecular weight is 548 g/mol. The summed E-state index contributed by atoms with van der Waals surface area (Å²) in [6, 6.07) is -0.818. The number of carbonyl (C=O) groups excluding carboxylic acids is 3. The highest BCUT2D eigenvalue weighted by Crippen LogP contribution is 2.63. The smallest absolute Gasteiger partial charge is 0.312 e. The molecule has 1 N–H and O–H groups in total. The minimum absolute atomic E-state index is 0.0810. The van der Waals surface area contributed by atoms with Crippen LogP contribution in [0.1, 0.15) is 45.4 Å². The number of nitrogens with zero attached hydrogens (tertiary/aromatic N) is 3. The number of fused-ring (bicyclic) bond motifs is 1. The molecule has 0 aromatic rings. The van der Waals surface area contributed by atoms with Gasteiger partial charge in [0.05, 0.1) is 31.3 Å². The first kappa shape index (κ1) is 29.7. The van der Waals surface area contributed by atoms with Crippen LogP contribution in [0.25, 0.3) is 0 Å². The summed E-state index contributed by atoms with van der Waals surface area (Å²) in [5.41, 5.74) is -1.93. The molecule has 2 amide bonds. The molecule has 2 unspecified atom stereocenters. The van der Waals surface area contributed by atoms with E-state index in [9.17, 15) is 19.5 Å². The maximum atomic E-state index is 14.4. The maximum Gasteiger partial charge on any atom is 0.312 e. The number of ether oxygens (including phenoxy) is 3. The number of aliphatic hydroxyl groups is 1. The van der Waals surface area contributed by atoms with Crippen LogP contribution >= 0.6 is 0 Å². The molecule has 0 aliphatic carbocycles. The lowest BCUT2D eigenvalue weighted by Crippen LogP contribution is -2.57. The number of carbonyl (C=O) groups is 3. The van der Waals surface area contributed by atoms with Gasteiger partial charge in [-0.3, -0.25) is 19.3 Å². The Kier molecular flexibility index (Phi) is 9.85. The second kappa shape index (κ2) is 12.9. The number of hydrogen-bond donors (Lipinski definition) is 1. The van der Waals surface area contributed by atoms with Crippen LogP contribution in [0, 0.1) is 11.8 Å². The Labute approximate surface area is 231 Å². The molecule has 4 aliphatic heterocycles. The van der Waals surface area contributed by atoms with Crippen molar-refractivity contribution >= 4 is 17.8 Å². The summed E-state index contributed by atoms with van der Waals surface area (Å²) in [4.78, 5) is 47.5. The van der Waals surface area contributed by atoms with E-state index in [4.69, 9.17) is 14.2 Å². The van der Waals surface area contributed by atoms with E-state index in [-0.39, 0.29) is 25.0 Å². The van der Waals surface area contributed by atoms with Crippen molar-refractivity contribution in [3.63, 3.8) is 0 Å². The Hall–Kier alpha value is -2.27. The Bertz CT molecular complexity index is 923. The monoisotopic (exact) mass is 547 g/mol. The van der Waals surface area contributed by atoms with Crippen molar-refractivity contribution in [2.75, 3.05) is 65.7 Å². The van der Waals surface area contributed by atoms with Crippen molar-refractivity contribution in [3.8, 4) is 0 Å². The van der Waals surface area contributed by atoms with Gasteiger partial charge >= 0.3 is 5.97 Å². The fourth-order valence-electron chi connectivity index (χ4n) is 6.91. The molecule has 5 atom stereocenters. The number of unbranched alkanes of at least 4 members (excludes halogenated alkanes) is 2. The van der Waals surface area contributed by atoms with Gasteiger partial charge in [-0.1, -0.05) is 12.2 Å². The van der Waals surface area contributed by atoms with Crippen LogP contribution in [-0.4, -0.2) is 121 Å². The largest absolute Gasteiger partial charge is 0.465 e. The highest BCUT2D eigenvalue weighted by atomic mass is 16.6. The van der Waals surface area contributed by atoms with Gasteiger partial charge in [0.15, 0.2) is 0 Å². The van der Waals surface area contributed by atoms with Crippen molar-refractivity contribution in [2.45, 2.75) is 62.7 Å². The Morgan fingerprint density at radius 3 is 2.62 bits per heavy atom. The molecule has 39 heavy (non-hydrogen) atoms. The molecule has 4 aliphatic rings. The van der Waals surface area contributed by atoms with Crippen LogP contribution in [0.4, 0.5) is 0 Å². The summed E-state index contributed by atoms with van der Waals surface area (Å²) >= 11 is 0. The van der Waals surface area contributed by atoms with Gasteiger partial charge in [-0.15, -0.1) is 13.2 Å². The third kappa shape index (κ3) is 5.80. The van der Waals surface area contributed by atoms with Gasteiger partial charge in [0.25, 0.3) is 0 Å². The van der Waals surface area contributed by atoms with E-state index >= 15 is 0 Å². The summed E-state index contributed by atoms with van der Waals surface area (Å²) in [7, 11) is 0. The standard InChI is InChI=1S/C29H45N3O7/c1-4-6-19-38-27(36)23-22-25(34)32(13-8-7-9-18-33)24(29(22)11-10-28(23,3)39-29)26(35)31(12-5-2)15-14-30-16-20-37-21-17-30/h4-5,22-24,33H,1-2,6-21H2,3H3/t22-,23+,24?,28-,29?/m0/s1. The zero-order valence-corrected chi connectivity index (χ0v) is 23.4. The number of likely N-dealkylation sites (tertiary alicyclic amines) is 1. The lowest BCUT2D eigenvalue weighted by molar-refractivity contribution is -0.160. The van der Waals surface area contributed by atoms with Gasteiger partial charge in [-0.2, -0.15) is 0 Å². The van der Waals surface area contributed by atoms with Gasteiger partial charge < -0.3 is 29.1 Å². The molecule has 1 spiro atoms. The van der Waals surface area contributed by atoms with Gasteiger partial charge in [-0.05, 0) is 45.4 Å². The summed E-state index contributed by atoms with van der Waals surface area (Å²) in [6.45, 7) is 14.6. The van der Waals surface area contributed by atoms with E-state index in [1.165, 1.54) is 0 Å². The fraction of sp³-hybridized carbons (Fsp3) is 0.759. The van der Waals surface area contributed by atoms with Crippen molar-refractivity contribution in [1.29, 1.82) is 0 Å². The minimum atomic E-state index is -1.07. The van der Waals surface area contributed by atoms with E-state index in [0.29, 0.717) is 71.5 Å². The quantitative estimate of drug-likeness (QED) is 0.186. The lowest BCUT2D eigenvalue weighted by Gasteiger charge is -2.37. The van der Waals surface area contributed by atoms with Crippen molar-refractivity contribution < 1.29 is 33.7 Å². The molecule has 218 valence electrons. The van der Waals surface area contributed by atoms with Crippen LogP contribution in [0.5, 0.6) is 0 Å². The molecule has 0 radical (unpaired) electrons. The number of aliphatic hydroxyl groups excluding tert-OH is 1. The van der Waals surface area contributed by atoms with Gasteiger partial charge in [0.2, 0.25) is 11.8 Å². The maximum absolute atomic E-state index is 14.4. The van der Waals surface area contributed by atoms with Gasteiger partial charge in [0.1, 0.15) is 17.6 Å². The summed E-state index contributed by atoms with van der Waals surface area (Å²) in [5.74, 6) is -2.33. The number of hydrogen-bond acceptors (Lipinski definition) is 8. The van der Waals surface area contributed by atoms with E-state index in [1.54, 1.807) is 22.0 Å². The Balaban J connectivity index is 1.61. The molecular formula is C29H45N3O7. The second-order valence-corrected chi connectivity index (χ2v) is 11.3. The van der Waals surface area contributed by atoms with E-state index in [0.717, 1.165) is 19.5 Å². The SMILES string of the molecule is C=CCCOC(=O)[C@H]1[C@H]2C(=O)N(CCCCCO)C(C(=O)N(CC=C)CCN3CCOCC3)C23CC[C@]1(C)O3. The van der Waals surface area contributed by atoms with E-state index in [2.05, 4.69) is 18.1 Å². The molecule has 0 aromatic carbocycles. The molecule has 0 saturated carbocycles. The number of morpholine rings is 1. The van der Waals surface area contributed by atoms with Crippen LogP contribution < -0.4 is 0 Å². The molecule has 4 saturated heterocycles. The average Bonchev–Trinajstić information content (AvgIpc) is 3.50. The van der Waals surface area contributed by atoms with Crippen molar-refractivity contribution in [2.24, 2.45) is 11.8 Å². The molecule has 4 heterocycles. The molecule has 10 nitrogen and oxygen atoms in total. The van der Waals surface area contributed by atoms with Crippen molar-refractivity contribution in [1.82, 2.24) is 14.7 Å². The van der Waals surface area contributed by atoms with Crippen LogP contribution in [0.3, 0.4) is 0 Å². The number of rotatable bonds is 15. The lowest BCUT2D eigenvalue weighted by atomic mass is 9.66. The number of esters is 1. The first-order chi connectivity index (χ1) is 18.8. The topological polar surface area (TPSA) is 109 Å². The highest BCUT2D eigenvalue weighted by Gasteiger charge is 2.78. The first-order valence-electron chi connectivity index (χ1n) is 14.4. The van der Waals surface area contributed by atoms with E-state index in [1.807, 2.05) is 6.92 Å². The summed E-state index contributed by atoms with van der Waals surface area (Å²) in [6.07, 6.45) is 7.05.